The maximum Gasteiger partial charge on any atom is 0.312 e. The lowest BCUT2D eigenvalue weighted by Crippen LogP contribution is -2.54. The van der Waals surface area contributed by atoms with Crippen LogP contribution in [0.4, 0.5) is 0 Å². The van der Waals surface area contributed by atoms with Gasteiger partial charge in [-0.1, -0.05) is 21.6 Å². The van der Waals surface area contributed by atoms with Gasteiger partial charge in [-0.25, -0.2) is 0 Å². The molecule has 0 radical (unpaired) electrons. The number of hydrogen-bond donors (Lipinski definition) is 0. The maximum absolute atomic E-state index is 6.64. The highest BCUT2D eigenvalue weighted by Gasteiger charge is 2.66. The lowest BCUT2D eigenvalue weighted by molar-refractivity contribution is -0.0307. The van der Waals surface area contributed by atoms with Crippen molar-refractivity contribution in [2.45, 2.75) is 57.6 Å². The Bertz CT molecular complexity index is 848. The van der Waals surface area contributed by atoms with Crippen molar-refractivity contribution < 1.29 is 4.84 Å². The van der Waals surface area contributed by atoms with Gasteiger partial charge >= 0.3 is 7.87 Å². The van der Waals surface area contributed by atoms with Crippen LogP contribution in [-0.4, -0.2) is 85.9 Å². The first kappa shape index (κ1) is 20.3. The topological polar surface area (TPSA) is 52.9 Å². The molecule has 8 nitrogen and oxygen atoms in total. The van der Waals surface area contributed by atoms with E-state index in [0.29, 0.717) is 0 Å². The van der Waals surface area contributed by atoms with Crippen LogP contribution in [0.1, 0.15) is 51.4 Å². The molecule has 6 rings (SSSR count). The summed E-state index contributed by atoms with van der Waals surface area (Å²) < 4.78 is 11.5. The van der Waals surface area contributed by atoms with Gasteiger partial charge in [0.2, 0.25) is 6.23 Å². The predicted molar refractivity (Wildman–Crippen MR) is 123 cm³/mol. The molecule has 0 aliphatic carbocycles. The average molecular weight is 445 g/mol. The van der Waals surface area contributed by atoms with E-state index in [2.05, 4.69) is 35.1 Å². The molecule has 0 saturated carbocycles. The Kier molecular flexibility index (Phi) is 5.61. The first-order valence-electron chi connectivity index (χ1n) is 12.3. The number of rotatable bonds is 6. The van der Waals surface area contributed by atoms with Gasteiger partial charge in [-0.3, -0.25) is 0 Å². The number of para-hydroxylation sites is 1. The maximum atomic E-state index is 6.64. The first-order chi connectivity index (χ1) is 15.4. The summed E-state index contributed by atoms with van der Waals surface area (Å²) in [5.41, 5.74) is 1.86. The highest BCUT2D eigenvalue weighted by atomic mass is 31.2. The molecule has 168 valence electrons. The summed E-state index contributed by atoms with van der Waals surface area (Å²) in [5.74, 6) is 0. The SMILES string of the molecule is c1ccc2c(c1)nnn2OC1CCCN1[P+](N1CCCC1)(N1CCCC1)N1CCCC1. The van der Waals surface area contributed by atoms with E-state index in [-0.39, 0.29) is 6.23 Å². The molecular formula is C22H35N7OP+. The second kappa shape index (κ2) is 8.56. The summed E-state index contributed by atoms with van der Waals surface area (Å²) in [6, 6.07) is 8.10. The summed E-state index contributed by atoms with van der Waals surface area (Å²) in [7, 11) is -1.77. The van der Waals surface area contributed by atoms with Crippen LogP contribution in [0, 0.1) is 0 Å². The van der Waals surface area contributed by atoms with Crippen LogP contribution in [0.2, 0.25) is 0 Å². The predicted octanol–water partition coefficient (Wildman–Crippen LogP) is 3.25. The van der Waals surface area contributed by atoms with Gasteiger partial charge in [-0.2, -0.15) is 0 Å². The van der Waals surface area contributed by atoms with Gasteiger partial charge in [0.1, 0.15) is 11.0 Å². The monoisotopic (exact) mass is 444 g/mol. The number of nitrogens with zero attached hydrogens (tertiary/aromatic N) is 7. The third kappa shape index (κ3) is 3.39. The molecule has 2 aromatic rings. The van der Waals surface area contributed by atoms with E-state index in [9.17, 15) is 0 Å². The fourth-order valence-electron chi connectivity index (χ4n) is 6.11. The molecule has 5 heterocycles. The van der Waals surface area contributed by atoms with Crippen LogP contribution >= 0.6 is 7.87 Å². The van der Waals surface area contributed by atoms with E-state index in [1.54, 1.807) is 4.85 Å². The molecule has 1 aromatic heterocycles. The zero-order valence-corrected chi connectivity index (χ0v) is 19.4. The molecule has 0 amide bonds. The third-order valence-electron chi connectivity index (χ3n) is 7.44. The number of benzene rings is 1. The van der Waals surface area contributed by atoms with E-state index in [4.69, 9.17) is 4.84 Å². The second-order valence-corrected chi connectivity index (χ2v) is 12.6. The minimum atomic E-state index is -1.77. The average Bonchev–Trinajstić information content (AvgIpc) is 3.62. The van der Waals surface area contributed by atoms with Crippen LogP contribution < -0.4 is 4.84 Å². The molecule has 9 heteroatoms. The summed E-state index contributed by atoms with van der Waals surface area (Å²) in [6.45, 7) is 8.51. The van der Waals surface area contributed by atoms with Crippen molar-refractivity contribution in [1.82, 2.24) is 33.8 Å². The normalized spacial score (nSPS) is 27.2. The molecule has 0 N–H and O–H groups in total. The van der Waals surface area contributed by atoms with Crippen molar-refractivity contribution in [3.8, 4) is 0 Å². The molecule has 0 bridgehead atoms. The number of aromatic nitrogens is 3. The minimum Gasteiger partial charge on any atom is -0.372 e. The molecule has 1 aromatic carbocycles. The van der Waals surface area contributed by atoms with Gasteiger partial charge in [0.25, 0.3) is 0 Å². The smallest absolute Gasteiger partial charge is 0.312 e. The zero-order valence-electron chi connectivity index (χ0n) is 18.5. The highest BCUT2D eigenvalue weighted by Crippen LogP contribution is 2.73. The Morgan fingerprint density at radius 3 is 1.94 bits per heavy atom. The van der Waals surface area contributed by atoms with Crippen LogP contribution in [-0.2, 0) is 0 Å². The van der Waals surface area contributed by atoms with Gasteiger partial charge in [0, 0.05) is 52.2 Å². The summed E-state index contributed by atoms with van der Waals surface area (Å²) >= 11 is 0. The summed E-state index contributed by atoms with van der Waals surface area (Å²) in [5, 5.41) is 8.68. The van der Waals surface area contributed by atoms with Crippen molar-refractivity contribution in [2.75, 3.05) is 45.8 Å². The van der Waals surface area contributed by atoms with Crippen molar-refractivity contribution in [2.24, 2.45) is 0 Å². The molecule has 1 atom stereocenters. The Morgan fingerprint density at radius 1 is 0.742 bits per heavy atom. The van der Waals surface area contributed by atoms with E-state index >= 15 is 0 Å². The first-order valence-corrected chi connectivity index (χ1v) is 13.9. The molecule has 4 fully saturated rings. The van der Waals surface area contributed by atoms with Gasteiger partial charge in [0.05, 0.1) is 0 Å². The van der Waals surface area contributed by atoms with Gasteiger partial charge in [0.15, 0.2) is 0 Å². The Hall–Kier alpha value is -1.31. The number of hydrogen-bond acceptors (Lipinski definition) is 7. The molecule has 4 aliphatic heterocycles. The largest absolute Gasteiger partial charge is 0.372 e. The van der Waals surface area contributed by atoms with E-state index in [1.165, 1.54) is 84.2 Å². The Labute approximate surface area is 185 Å². The third-order valence-corrected chi connectivity index (χ3v) is 12.1. The zero-order chi connectivity index (χ0) is 20.7. The van der Waals surface area contributed by atoms with Crippen molar-refractivity contribution >= 4 is 18.9 Å². The number of fused-ring (bicyclic) bond motifs is 1. The molecule has 1 unspecified atom stereocenters. The second-order valence-electron chi connectivity index (χ2n) is 9.34. The fraction of sp³-hybridized carbons (Fsp3) is 0.727. The van der Waals surface area contributed by atoms with Crippen LogP contribution in [0.5, 0.6) is 0 Å². The van der Waals surface area contributed by atoms with E-state index in [0.717, 1.165) is 24.0 Å². The molecule has 31 heavy (non-hydrogen) atoms. The van der Waals surface area contributed by atoms with Gasteiger partial charge in [-0.15, -0.1) is 19.1 Å². The molecule has 4 saturated heterocycles. The van der Waals surface area contributed by atoms with Crippen molar-refractivity contribution in [3.63, 3.8) is 0 Å². The lowest BCUT2D eigenvalue weighted by Gasteiger charge is -2.48. The van der Waals surface area contributed by atoms with Crippen LogP contribution in [0.15, 0.2) is 24.3 Å². The summed E-state index contributed by atoms with van der Waals surface area (Å²) in [4.78, 5) is 8.33. The van der Waals surface area contributed by atoms with Crippen LogP contribution in [0.25, 0.3) is 11.0 Å². The van der Waals surface area contributed by atoms with E-state index in [1.807, 2.05) is 18.2 Å². The summed E-state index contributed by atoms with van der Waals surface area (Å²) in [6.07, 6.45) is 10.3. The lowest BCUT2D eigenvalue weighted by atomic mass is 10.3. The van der Waals surface area contributed by atoms with Gasteiger partial charge in [-0.05, 0) is 62.3 Å². The van der Waals surface area contributed by atoms with Crippen molar-refractivity contribution in [1.29, 1.82) is 0 Å². The van der Waals surface area contributed by atoms with Crippen molar-refractivity contribution in [3.05, 3.63) is 24.3 Å². The van der Waals surface area contributed by atoms with Gasteiger partial charge < -0.3 is 4.84 Å². The molecule has 4 aliphatic rings. The Morgan fingerprint density at radius 2 is 1.32 bits per heavy atom. The minimum absolute atomic E-state index is 0.0558. The fourth-order valence-corrected chi connectivity index (χ4v) is 11.5. The quantitative estimate of drug-likeness (QED) is 0.634. The van der Waals surface area contributed by atoms with E-state index < -0.39 is 7.87 Å². The highest BCUT2D eigenvalue weighted by molar-refractivity contribution is 7.66. The standard InChI is InChI=1S/C22H35N7OP/c1-2-11-21-20(10-1)23-24-29(21)30-22-12-9-19-28(22)31(25-13-3-4-14-25,26-15-5-6-16-26)27-17-7-8-18-27/h1-2,10-11,22H,3-9,12-19H2/q+1. The Balaban J connectivity index is 1.38. The molecule has 0 spiro atoms. The van der Waals surface area contributed by atoms with Crippen LogP contribution in [0.3, 0.4) is 0 Å². The molecular weight excluding hydrogens is 409 g/mol.